The van der Waals surface area contributed by atoms with Crippen LogP contribution >= 0.6 is 12.4 Å². The first-order valence-corrected chi connectivity index (χ1v) is 1.37. The van der Waals surface area contributed by atoms with Gasteiger partial charge in [0.2, 0.25) is 0 Å². The van der Waals surface area contributed by atoms with E-state index < -0.39 is 0 Å². The Labute approximate surface area is 49.4 Å². The molecule has 0 saturated carbocycles. The van der Waals surface area contributed by atoms with Crippen LogP contribution in [-0.2, 0) is 4.84 Å². The zero-order valence-electron chi connectivity index (χ0n) is 4.34. The van der Waals surface area contributed by atoms with Crippen molar-refractivity contribution in [2.45, 2.75) is 6.92 Å². The fraction of sp³-hybridized carbons (Fsp3) is 0.667. The molecule has 0 heterocycles. The van der Waals surface area contributed by atoms with E-state index in [2.05, 4.69) is 10.7 Å². The summed E-state index contributed by atoms with van der Waals surface area (Å²) in [5.41, 5.74) is 0. The molecule has 0 aliphatic rings. The van der Waals surface area contributed by atoms with Crippen molar-refractivity contribution in [3.8, 4) is 6.07 Å². The van der Waals surface area contributed by atoms with E-state index in [1.165, 1.54) is 14.0 Å². The van der Waals surface area contributed by atoms with Crippen molar-refractivity contribution < 1.29 is 4.84 Å². The average molecular weight is 125 g/mol. The molecule has 0 aromatic carbocycles. The smallest absolute Gasteiger partial charge is 0.0587 e. The molecule has 2 N–H and O–H groups in total. The fourth-order valence-electron chi connectivity index (χ4n) is 0. The molecule has 0 aliphatic heterocycles. The van der Waals surface area contributed by atoms with Crippen molar-refractivity contribution in [2.24, 2.45) is 5.90 Å². The van der Waals surface area contributed by atoms with Crippen LogP contribution in [0.5, 0.6) is 0 Å². The van der Waals surface area contributed by atoms with Gasteiger partial charge in [-0.15, -0.1) is 12.4 Å². The summed E-state index contributed by atoms with van der Waals surface area (Å²) in [7, 11) is 1.40. The van der Waals surface area contributed by atoms with Crippen LogP contribution in [0.25, 0.3) is 0 Å². The van der Waals surface area contributed by atoms with Gasteiger partial charge in [-0.05, 0) is 0 Å². The van der Waals surface area contributed by atoms with Gasteiger partial charge in [0.1, 0.15) is 0 Å². The molecule has 0 saturated heterocycles. The van der Waals surface area contributed by atoms with Crippen molar-refractivity contribution in [1.29, 1.82) is 5.26 Å². The summed E-state index contributed by atoms with van der Waals surface area (Å²) in [6.07, 6.45) is 0. The molecule has 3 nitrogen and oxygen atoms in total. The summed E-state index contributed by atoms with van der Waals surface area (Å²) in [4.78, 5) is 3.75. The van der Waals surface area contributed by atoms with Crippen LogP contribution < -0.4 is 5.90 Å². The molecular formula is C3H9ClN2O. The minimum absolute atomic E-state index is 0. The molecule has 0 bridgehead atoms. The number of hydrogen-bond acceptors (Lipinski definition) is 3. The monoisotopic (exact) mass is 124 g/mol. The Morgan fingerprint density at radius 3 is 1.71 bits per heavy atom. The zero-order chi connectivity index (χ0) is 5.41. The minimum atomic E-state index is 0. The van der Waals surface area contributed by atoms with Crippen molar-refractivity contribution >= 4 is 12.4 Å². The molecule has 0 aromatic rings. The summed E-state index contributed by atoms with van der Waals surface area (Å²) in [6.45, 7) is 1.43. The Morgan fingerprint density at radius 2 is 1.71 bits per heavy atom. The molecule has 0 fully saturated rings. The van der Waals surface area contributed by atoms with Gasteiger partial charge in [0.25, 0.3) is 0 Å². The van der Waals surface area contributed by atoms with Gasteiger partial charge in [-0.25, -0.2) is 5.90 Å². The minimum Gasteiger partial charge on any atom is -0.308 e. The molecule has 0 aromatic heterocycles. The van der Waals surface area contributed by atoms with Gasteiger partial charge in [0.15, 0.2) is 0 Å². The highest BCUT2D eigenvalue weighted by Gasteiger charge is 1.23. The number of nitrogens with two attached hydrogens (primary N) is 1. The van der Waals surface area contributed by atoms with E-state index in [9.17, 15) is 0 Å². The van der Waals surface area contributed by atoms with Crippen molar-refractivity contribution in [1.82, 2.24) is 0 Å². The Bertz CT molecular complexity index is 42.7. The van der Waals surface area contributed by atoms with Crippen molar-refractivity contribution in [3.63, 3.8) is 0 Å². The van der Waals surface area contributed by atoms with Gasteiger partial charge in [-0.3, -0.25) is 0 Å². The summed E-state index contributed by atoms with van der Waals surface area (Å²) < 4.78 is 0. The predicted molar refractivity (Wildman–Crippen MR) is 29.7 cm³/mol. The zero-order valence-corrected chi connectivity index (χ0v) is 5.16. The summed E-state index contributed by atoms with van der Waals surface area (Å²) >= 11 is 0. The molecule has 44 valence electrons. The van der Waals surface area contributed by atoms with E-state index in [1.54, 1.807) is 6.07 Å². The first-order valence-electron chi connectivity index (χ1n) is 1.37. The molecular weight excluding hydrogens is 115 g/mol. The lowest BCUT2D eigenvalue weighted by Gasteiger charge is -1.62. The van der Waals surface area contributed by atoms with E-state index in [-0.39, 0.29) is 12.4 Å². The van der Waals surface area contributed by atoms with Crippen LogP contribution in [0.3, 0.4) is 0 Å². The molecule has 0 unspecified atom stereocenters. The van der Waals surface area contributed by atoms with Gasteiger partial charge in [-0.1, -0.05) is 0 Å². The fourth-order valence-corrected chi connectivity index (χ4v) is 0. The van der Waals surface area contributed by atoms with Gasteiger partial charge in [-0.2, -0.15) is 5.26 Å². The maximum Gasteiger partial charge on any atom is 0.0587 e. The second-order valence-electron chi connectivity index (χ2n) is 0.459. The number of hydrogen-bond donors (Lipinski definition) is 1. The summed E-state index contributed by atoms with van der Waals surface area (Å²) in [5, 5.41) is 7.32. The second-order valence-corrected chi connectivity index (χ2v) is 0.459. The Hall–Kier alpha value is -0.300. The van der Waals surface area contributed by atoms with E-state index >= 15 is 0 Å². The third-order valence-electron chi connectivity index (χ3n) is 0. The third-order valence-corrected chi connectivity index (χ3v) is 0. The van der Waals surface area contributed by atoms with E-state index in [0.29, 0.717) is 0 Å². The Kier molecular flexibility index (Phi) is 99.0. The molecule has 0 radical (unpaired) electrons. The standard InChI is InChI=1S/C2H3N.CH5NO.ClH/c1-2-3;1-3-2;/h1H3;2H2,1H3;1H. The molecule has 0 aliphatic carbocycles. The maximum atomic E-state index is 7.32. The normalized spacial score (nSPS) is 3.71. The van der Waals surface area contributed by atoms with Crippen LogP contribution in [0, 0.1) is 11.3 Å². The predicted octanol–water partition coefficient (Wildman–Crippen LogP) is 0.458. The van der Waals surface area contributed by atoms with Crippen LogP contribution in [0.1, 0.15) is 6.92 Å². The number of nitriles is 1. The molecule has 0 atom stereocenters. The molecule has 7 heavy (non-hydrogen) atoms. The van der Waals surface area contributed by atoms with Gasteiger partial charge >= 0.3 is 0 Å². The van der Waals surface area contributed by atoms with Crippen molar-refractivity contribution in [3.05, 3.63) is 0 Å². The molecule has 0 spiro atoms. The average Bonchev–Trinajstić information content (AvgIpc) is 1.39. The molecule has 0 amide bonds. The first-order chi connectivity index (χ1) is 2.83. The van der Waals surface area contributed by atoms with Crippen LogP contribution in [0.2, 0.25) is 0 Å². The maximum absolute atomic E-state index is 7.32. The highest BCUT2D eigenvalue weighted by molar-refractivity contribution is 5.85. The van der Waals surface area contributed by atoms with E-state index in [4.69, 9.17) is 5.26 Å². The van der Waals surface area contributed by atoms with Crippen LogP contribution in [0.15, 0.2) is 0 Å². The summed E-state index contributed by atoms with van der Waals surface area (Å²) in [6, 6.07) is 1.75. The lowest BCUT2D eigenvalue weighted by molar-refractivity contribution is 0.206. The Balaban J connectivity index is -0.0000000400. The van der Waals surface area contributed by atoms with Gasteiger partial charge in [0.05, 0.1) is 13.2 Å². The topological polar surface area (TPSA) is 59.0 Å². The largest absolute Gasteiger partial charge is 0.308 e. The number of halogens is 1. The van der Waals surface area contributed by atoms with E-state index in [1.807, 2.05) is 0 Å². The van der Waals surface area contributed by atoms with Gasteiger partial charge < -0.3 is 4.84 Å². The molecule has 0 rings (SSSR count). The lowest BCUT2D eigenvalue weighted by Crippen LogP contribution is -1.86. The van der Waals surface area contributed by atoms with E-state index in [0.717, 1.165) is 0 Å². The lowest BCUT2D eigenvalue weighted by atomic mass is 11.0. The highest BCUT2D eigenvalue weighted by atomic mass is 35.5. The highest BCUT2D eigenvalue weighted by Crippen LogP contribution is 1.21. The Morgan fingerprint density at radius 1 is 1.71 bits per heavy atom. The number of nitrogens with zero attached hydrogens (tertiary/aromatic N) is 1. The van der Waals surface area contributed by atoms with Crippen LogP contribution in [0.4, 0.5) is 0 Å². The number of rotatable bonds is 0. The van der Waals surface area contributed by atoms with Crippen molar-refractivity contribution in [2.75, 3.05) is 7.11 Å². The quantitative estimate of drug-likeness (QED) is 0.478. The SMILES string of the molecule is CC#N.CON.Cl. The second kappa shape index (κ2) is 43.6. The summed E-state index contributed by atoms with van der Waals surface area (Å²) in [5.74, 6) is 4.35. The first kappa shape index (κ1) is 15.9. The van der Waals surface area contributed by atoms with Crippen LogP contribution in [-0.4, -0.2) is 7.11 Å². The third kappa shape index (κ3) is 867. The van der Waals surface area contributed by atoms with Gasteiger partial charge in [0, 0.05) is 6.92 Å². The molecule has 4 heteroatoms.